The lowest BCUT2D eigenvalue weighted by atomic mass is 10.1. The Bertz CT molecular complexity index is 1050. The second-order valence-corrected chi connectivity index (χ2v) is 6.11. The molecular formula is C21H18N4O2. The summed E-state index contributed by atoms with van der Waals surface area (Å²) in [6.07, 6.45) is 1.69. The molecular weight excluding hydrogens is 340 g/mol. The van der Waals surface area contributed by atoms with Crippen LogP contribution in [0.15, 0.2) is 71.7 Å². The van der Waals surface area contributed by atoms with Gasteiger partial charge in [0.2, 0.25) is 0 Å². The topological polar surface area (TPSA) is 86.9 Å². The van der Waals surface area contributed by atoms with Crippen LogP contribution in [0.25, 0.3) is 0 Å². The molecule has 1 aromatic heterocycles. The van der Waals surface area contributed by atoms with Crippen LogP contribution in [-0.2, 0) is 6.54 Å². The van der Waals surface area contributed by atoms with Gasteiger partial charge in [0.25, 0.3) is 5.56 Å². The van der Waals surface area contributed by atoms with Gasteiger partial charge in [-0.1, -0.05) is 29.8 Å². The van der Waals surface area contributed by atoms with Crippen LogP contribution >= 0.6 is 0 Å². The van der Waals surface area contributed by atoms with Crippen LogP contribution in [0.3, 0.4) is 0 Å². The molecule has 2 aromatic carbocycles. The Morgan fingerprint density at radius 3 is 2.41 bits per heavy atom. The Hall–Kier alpha value is -3.85. The molecule has 134 valence electrons. The number of aryl methyl sites for hydroxylation is 1. The summed E-state index contributed by atoms with van der Waals surface area (Å²) in [4.78, 5) is 24.8. The molecule has 2 N–H and O–H groups in total. The summed E-state index contributed by atoms with van der Waals surface area (Å²) in [5, 5.41) is 14.0. The summed E-state index contributed by atoms with van der Waals surface area (Å²) >= 11 is 0. The Morgan fingerprint density at radius 2 is 1.74 bits per heavy atom. The average molecular weight is 358 g/mol. The molecule has 0 radical (unpaired) electrons. The molecule has 0 spiro atoms. The SMILES string of the molecule is Cc1ccc(Cn2cccc(NC(=O)Nc3ccc(C#N)cc3)c2=O)cc1. The van der Waals surface area contributed by atoms with Gasteiger partial charge >= 0.3 is 6.03 Å². The van der Waals surface area contributed by atoms with Gasteiger partial charge in [-0.15, -0.1) is 0 Å². The monoisotopic (exact) mass is 358 g/mol. The van der Waals surface area contributed by atoms with Crippen LogP contribution in [0.1, 0.15) is 16.7 Å². The third-order valence-corrected chi connectivity index (χ3v) is 4.01. The van der Waals surface area contributed by atoms with Gasteiger partial charge in [-0.2, -0.15) is 5.26 Å². The number of urea groups is 1. The number of amides is 2. The molecule has 0 aliphatic heterocycles. The molecule has 0 unspecified atom stereocenters. The molecule has 1 heterocycles. The Morgan fingerprint density at radius 1 is 1.04 bits per heavy atom. The van der Waals surface area contributed by atoms with E-state index in [0.29, 0.717) is 17.8 Å². The van der Waals surface area contributed by atoms with Crippen LogP contribution in [0.2, 0.25) is 0 Å². The van der Waals surface area contributed by atoms with Crippen molar-refractivity contribution in [2.24, 2.45) is 0 Å². The summed E-state index contributed by atoms with van der Waals surface area (Å²) in [5.74, 6) is 0. The number of carbonyl (C=O) groups excluding carboxylic acids is 1. The number of rotatable bonds is 4. The number of benzene rings is 2. The first-order valence-corrected chi connectivity index (χ1v) is 8.38. The fourth-order valence-electron chi connectivity index (χ4n) is 2.56. The zero-order valence-corrected chi connectivity index (χ0v) is 14.8. The van der Waals surface area contributed by atoms with Crippen LogP contribution < -0.4 is 16.2 Å². The van der Waals surface area contributed by atoms with Gasteiger partial charge in [0.15, 0.2) is 0 Å². The van der Waals surface area contributed by atoms with Gasteiger partial charge in [-0.25, -0.2) is 4.79 Å². The van der Waals surface area contributed by atoms with E-state index in [1.807, 2.05) is 37.3 Å². The van der Waals surface area contributed by atoms with Gasteiger partial charge in [0.05, 0.1) is 18.2 Å². The number of anilines is 2. The molecule has 0 bridgehead atoms. The van der Waals surface area contributed by atoms with Gasteiger partial charge < -0.3 is 15.2 Å². The Kier molecular flexibility index (Phi) is 5.33. The summed E-state index contributed by atoms with van der Waals surface area (Å²) in [5.41, 5.74) is 3.09. The Labute approximate surface area is 156 Å². The average Bonchev–Trinajstić information content (AvgIpc) is 2.67. The number of aromatic nitrogens is 1. The molecule has 0 atom stereocenters. The predicted molar refractivity (Wildman–Crippen MR) is 105 cm³/mol. The minimum Gasteiger partial charge on any atom is -0.309 e. The quantitative estimate of drug-likeness (QED) is 0.745. The molecule has 6 heteroatoms. The van der Waals surface area contributed by atoms with Crippen molar-refractivity contribution < 1.29 is 4.79 Å². The van der Waals surface area contributed by atoms with Crippen molar-refractivity contribution in [2.75, 3.05) is 10.6 Å². The van der Waals surface area contributed by atoms with Gasteiger partial charge in [-0.05, 0) is 48.9 Å². The number of pyridine rings is 1. The van der Waals surface area contributed by atoms with Gasteiger partial charge in [0.1, 0.15) is 5.69 Å². The lowest BCUT2D eigenvalue weighted by molar-refractivity contribution is 0.262. The molecule has 0 saturated carbocycles. The van der Waals surface area contributed by atoms with E-state index in [1.54, 1.807) is 47.2 Å². The molecule has 0 aliphatic carbocycles. The lowest BCUT2D eigenvalue weighted by Gasteiger charge is -2.10. The highest BCUT2D eigenvalue weighted by molar-refractivity contribution is 5.99. The third-order valence-electron chi connectivity index (χ3n) is 4.01. The Balaban J connectivity index is 1.71. The van der Waals surface area contributed by atoms with Gasteiger partial charge in [-0.3, -0.25) is 4.79 Å². The van der Waals surface area contributed by atoms with Crippen LogP contribution in [0.4, 0.5) is 16.2 Å². The normalized spacial score (nSPS) is 10.1. The zero-order valence-electron chi connectivity index (χ0n) is 14.8. The number of nitriles is 1. The van der Waals surface area contributed by atoms with E-state index in [-0.39, 0.29) is 11.2 Å². The zero-order chi connectivity index (χ0) is 19.2. The fourth-order valence-corrected chi connectivity index (χ4v) is 2.56. The van der Waals surface area contributed by atoms with Crippen molar-refractivity contribution in [3.05, 3.63) is 93.9 Å². The summed E-state index contributed by atoms with van der Waals surface area (Å²) in [6, 6.07) is 19.2. The van der Waals surface area contributed by atoms with E-state index in [9.17, 15) is 9.59 Å². The maximum absolute atomic E-state index is 12.6. The van der Waals surface area contributed by atoms with E-state index in [2.05, 4.69) is 10.6 Å². The molecule has 3 rings (SSSR count). The van der Waals surface area contributed by atoms with E-state index in [0.717, 1.165) is 11.1 Å². The smallest absolute Gasteiger partial charge is 0.309 e. The number of nitrogens with one attached hydrogen (secondary N) is 2. The molecule has 0 aliphatic rings. The second-order valence-electron chi connectivity index (χ2n) is 6.11. The molecule has 0 saturated heterocycles. The molecule has 3 aromatic rings. The van der Waals surface area contributed by atoms with Crippen LogP contribution in [0, 0.1) is 18.3 Å². The highest BCUT2D eigenvalue weighted by Crippen LogP contribution is 2.10. The van der Waals surface area contributed by atoms with Gasteiger partial charge in [0, 0.05) is 11.9 Å². The largest absolute Gasteiger partial charge is 0.323 e. The summed E-state index contributed by atoms with van der Waals surface area (Å²) in [7, 11) is 0. The van der Waals surface area contributed by atoms with Crippen molar-refractivity contribution in [3.8, 4) is 6.07 Å². The molecule has 27 heavy (non-hydrogen) atoms. The summed E-state index contributed by atoms with van der Waals surface area (Å²) < 4.78 is 1.54. The highest BCUT2D eigenvalue weighted by Gasteiger charge is 2.08. The first-order chi connectivity index (χ1) is 13.0. The van der Waals surface area contributed by atoms with E-state index >= 15 is 0 Å². The number of carbonyl (C=O) groups is 1. The maximum Gasteiger partial charge on any atom is 0.323 e. The molecule has 2 amide bonds. The van der Waals surface area contributed by atoms with E-state index < -0.39 is 6.03 Å². The lowest BCUT2D eigenvalue weighted by Crippen LogP contribution is -2.28. The summed E-state index contributed by atoms with van der Waals surface area (Å²) in [6.45, 7) is 2.43. The standard InChI is InChI=1S/C21H18N4O2/c1-15-4-6-17(7-5-15)14-25-12-2-3-19(20(25)26)24-21(27)23-18-10-8-16(13-22)9-11-18/h2-12H,14H2,1H3,(H2,23,24,27). The number of hydrogen-bond acceptors (Lipinski definition) is 3. The minimum atomic E-state index is -0.523. The second kappa shape index (κ2) is 8.02. The van der Waals surface area contributed by atoms with Crippen molar-refractivity contribution in [2.45, 2.75) is 13.5 Å². The fraction of sp³-hybridized carbons (Fsp3) is 0.0952. The first-order valence-electron chi connectivity index (χ1n) is 8.38. The van der Waals surface area contributed by atoms with E-state index in [1.165, 1.54) is 0 Å². The number of nitrogens with zero attached hydrogens (tertiary/aromatic N) is 2. The highest BCUT2D eigenvalue weighted by atomic mass is 16.2. The van der Waals surface area contributed by atoms with Crippen molar-refractivity contribution in [3.63, 3.8) is 0 Å². The van der Waals surface area contributed by atoms with Crippen molar-refractivity contribution in [1.29, 1.82) is 5.26 Å². The number of hydrogen-bond donors (Lipinski definition) is 2. The minimum absolute atomic E-state index is 0.191. The van der Waals surface area contributed by atoms with Crippen LogP contribution in [0.5, 0.6) is 0 Å². The maximum atomic E-state index is 12.6. The molecule has 6 nitrogen and oxygen atoms in total. The van der Waals surface area contributed by atoms with Crippen LogP contribution in [-0.4, -0.2) is 10.6 Å². The van der Waals surface area contributed by atoms with E-state index in [4.69, 9.17) is 5.26 Å². The van der Waals surface area contributed by atoms with Crippen molar-refractivity contribution in [1.82, 2.24) is 4.57 Å². The predicted octanol–water partition coefficient (Wildman–Crippen LogP) is 3.72. The molecule has 0 fully saturated rings. The first kappa shape index (κ1) is 18.0. The third kappa shape index (κ3) is 4.61. The van der Waals surface area contributed by atoms with Crippen molar-refractivity contribution >= 4 is 17.4 Å².